The minimum absolute atomic E-state index is 0.0363. The molecule has 0 bridgehead atoms. The van der Waals surface area contributed by atoms with Gasteiger partial charge < -0.3 is 9.64 Å². The smallest absolute Gasteiger partial charge is 0.256 e. The van der Waals surface area contributed by atoms with Crippen molar-refractivity contribution >= 4 is 17.7 Å². The molecule has 1 aliphatic heterocycles. The van der Waals surface area contributed by atoms with Crippen molar-refractivity contribution in [2.75, 3.05) is 26.3 Å². The number of nitrogens with zero attached hydrogens (tertiary/aromatic N) is 2. The van der Waals surface area contributed by atoms with E-state index in [4.69, 9.17) is 4.74 Å². The third-order valence-corrected chi connectivity index (χ3v) is 5.03. The van der Waals surface area contributed by atoms with Crippen LogP contribution in [0.15, 0.2) is 46.5 Å². The number of morpholine rings is 1. The summed E-state index contributed by atoms with van der Waals surface area (Å²) in [5, 5.41) is 0.762. The van der Waals surface area contributed by atoms with Crippen LogP contribution >= 0.6 is 11.8 Å². The number of rotatable bonds is 3. The summed E-state index contributed by atoms with van der Waals surface area (Å²) in [4.78, 5) is 20.2. The molecule has 1 saturated heterocycles. The summed E-state index contributed by atoms with van der Waals surface area (Å²) in [5.41, 5.74) is 3.06. The molecule has 1 aromatic heterocycles. The van der Waals surface area contributed by atoms with Crippen LogP contribution in [0.4, 0.5) is 0 Å². The van der Waals surface area contributed by atoms with E-state index in [0.717, 1.165) is 9.92 Å². The number of carbonyl (C=O) groups excluding carboxylic acids is 1. The summed E-state index contributed by atoms with van der Waals surface area (Å²) in [6.45, 7) is 6.63. The van der Waals surface area contributed by atoms with Crippen LogP contribution in [0.2, 0.25) is 0 Å². The summed E-state index contributed by atoms with van der Waals surface area (Å²) >= 11 is 1.56. The Balaban J connectivity index is 1.88. The lowest BCUT2D eigenvalue weighted by Crippen LogP contribution is -2.40. The van der Waals surface area contributed by atoms with Crippen LogP contribution in [-0.2, 0) is 4.74 Å². The van der Waals surface area contributed by atoms with Crippen molar-refractivity contribution in [3.8, 4) is 0 Å². The first-order chi connectivity index (χ1) is 11.1. The van der Waals surface area contributed by atoms with Crippen LogP contribution in [0.1, 0.15) is 21.5 Å². The number of aryl methyl sites for hydroxylation is 2. The first kappa shape index (κ1) is 16.0. The molecule has 1 fully saturated rings. The van der Waals surface area contributed by atoms with E-state index in [1.54, 1.807) is 18.0 Å². The standard InChI is InChI=1S/C18H20N2O2S/c1-13-5-6-14(2)16(12-13)23-17-15(4-3-7-19-17)18(21)20-8-10-22-11-9-20/h3-7,12H,8-11H2,1-2H3. The van der Waals surface area contributed by atoms with Crippen molar-refractivity contribution in [3.05, 3.63) is 53.2 Å². The number of benzene rings is 1. The van der Waals surface area contributed by atoms with Gasteiger partial charge in [0.1, 0.15) is 5.03 Å². The van der Waals surface area contributed by atoms with E-state index in [2.05, 4.69) is 37.0 Å². The molecule has 5 heteroatoms. The van der Waals surface area contributed by atoms with Crippen LogP contribution in [-0.4, -0.2) is 42.1 Å². The summed E-state index contributed by atoms with van der Waals surface area (Å²) < 4.78 is 5.33. The first-order valence-electron chi connectivity index (χ1n) is 7.72. The predicted molar refractivity (Wildman–Crippen MR) is 91.0 cm³/mol. The second-order valence-electron chi connectivity index (χ2n) is 5.63. The van der Waals surface area contributed by atoms with Crippen LogP contribution in [0.3, 0.4) is 0 Å². The molecule has 0 radical (unpaired) electrons. The second kappa shape index (κ2) is 7.15. The maximum atomic E-state index is 12.8. The van der Waals surface area contributed by atoms with Crippen molar-refractivity contribution in [2.45, 2.75) is 23.8 Å². The Hall–Kier alpha value is -1.85. The molecule has 1 aromatic carbocycles. The first-order valence-corrected chi connectivity index (χ1v) is 8.54. The Bertz CT molecular complexity index is 712. The van der Waals surface area contributed by atoms with Crippen molar-refractivity contribution in [2.24, 2.45) is 0 Å². The third-order valence-electron chi connectivity index (χ3n) is 3.85. The Morgan fingerprint density at radius 1 is 1.22 bits per heavy atom. The molecule has 0 N–H and O–H groups in total. The van der Waals surface area contributed by atoms with Gasteiger partial charge in [-0.15, -0.1) is 0 Å². The third kappa shape index (κ3) is 3.74. The maximum absolute atomic E-state index is 12.8. The van der Waals surface area contributed by atoms with Crippen LogP contribution in [0.5, 0.6) is 0 Å². The van der Waals surface area contributed by atoms with E-state index in [1.165, 1.54) is 11.1 Å². The molecule has 0 saturated carbocycles. The van der Waals surface area contributed by atoms with Gasteiger partial charge in [0, 0.05) is 24.2 Å². The summed E-state index contributed by atoms with van der Waals surface area (Å²) in [7, 11) is 0. The molecule has 2 aromatic rings. The molecule has 0 unspecified atom stereocenters. The van der Waals surface area contributed by atoms with Crippen molar-refractivity contribution in [1.82, 2.24) is 9.88 Å². The molecular formula is C18H20N2O2S. The number of hydrogen-bond donors (Lipinski definition) is 0. The average molecular weight is 328 g/mol. The van der Waals surface area contributed by atoms with Gasteiger partial charge >= 0.3 is 0 Å². The zero-order valence-corrected chi connectivity index (χ0v) is 14.2. The number of pyridine rings is 1. The van der Waals surface area contributed by atoms with Gasteiger partial charge in [-0.2, -0.15) is 0 Å². The van der Waals surface area contributed by atoms with Crippen LogP contribution in [0.25, 0.3) is 0 Å². The van der Waals surface area contributed by atoms with Crippen molar-refractivity contribution in [3.63, 3.8) is 0 Å². The Kier molecular flexibility index (Phi) is 4.98. The Morgan fingerprint density at radius 2 is 2.00 bits per heavy atom. The fraction of sp³-hybridized carbons (Fsp3) is 0.333. The molecule has 0 spiro atoms. The maximum Gasteiger partial charge on any atom is 0.256 e. The van der Waals surface area contributed by atoms with Gasteiger partial charge in [0.25, 0.3) is 5.91 Å². The number of ether oxygens (including phenoxy) is 1. The highest BCUT2D eigenvalue weighted by Crippen LogP contribution is 2.32. The normalized spacial score (nSPS) is 14.8. The quantitative estimate of drug-likeness (QED) is 0.867. The molecule has 120 valence electrons. The fourth-order valence-corrected chi connectivity index (χ4v) is 3.55. The zero-order valence-electron chi connectivity index (χ0n) is 13.4. The molecular weight excluding hydrogens is 308 g/mol. The zero-order chi connectivity index (χ0) is 16.2. The van der Waals surface area contributed by atoms with E-state index in [1.807, 2.05) is 17.0 Å². The minimum Gasteiger partial charge on any atom is -0.378 e. The van der Waals surface area contributed by atoms with E-state index < -0.39 is 0 Å². The minimum atomic E-state index is 0.0363. The largest absolute Gasteiger partial charge is 0.378 e. The highest BCUT2D eigenvalue weighted by Gasteiger charge is 2.22. The summed E-state index contributed by atoms with van der Waals surface area (Å²) in [6, 6.07) is 10.0. The number of carbonyl (C=O) groups is 1. The number of aromatic nitrogens is 1. The summed E-state index contributed by atoms with van der Waals surface area (Å²) in [5.74, 6) is 0.0363. The van der Waals surface area contributed by atoms with Crippen molar-refractivity contribution in [1.29, 1.82) is 0 Å². The van der Waals surface area contributed by atoms with Crippen molar-refractivity contribution < 1.29 is 9.53 Å². The molecule has 23 heavy (non-hydrogen) atoms. The Morgan fingerprint density at radius 3 is 2.78 bits per heavy atom. The predicted octanol–water partition coefficient (Wildman–Crippen LogP) is 3.32. The van der Waals surface area contributed by atoms with Gasteiger partial charge in [-0.25, -0.2) is 4.98 Å². The van der Waals surface area contributed by atoms with Crippen LogP contribution < -0.4 is 0 Å². The number of amides is 1. The molecule has 1 aliphatic rings. The molecule has 1 amide bonds. The lowest BCUT2D eigenvalue weighted by atomic mass is 10.2. The molecule has 3 rings (SSSR count). The second-order valence-corrected chi connectivity index (χ2v) is 6.66. The van der Waals surface area contributed by atoms with E-state index >= 15 is 0 Å². The van der Waals surface area contributed by atoms with Gasteiger partial charge in [0.15, 0.2) is 0 Å². The van der Waals surface area contributed by atoms with Crippen LogP contribution in [0, 0.1) is 13.8 Å². The highest BCUT2D eigenvalue weighted by atomic mass is 32.2. The van der Waals surface area contributed by atoms with E-state index in [9.17, 15) is 4.79 Å². The summed E-state index contributed by atoms with van der Waals surface area (Å²) in [6.07, 6.45) is 1.74. The average Bonchev–Trinajstić information content (AvgIpc) is 2.59. The lowest BCUT2D eigenvalue weighted by molar-refractivity contribution is 0.0300. The lowest BCUT2D eigenvalue weighted by Gasteiger charge is -2.27. The molecule has 0 aliphatic carbocycles. The van der Waals surface area contributed by atoms with Gasteiger partial charge in [-0.05, 0) is 43.2 Å². The monoisotopic (exact) mass is 328 g/mol. The fourth-order valence-electron chi connectivity index (χ4n) is 2.49. The van der Waals surface area contributed by atoms with Gasteiger partial charge in [-0.3, -0.25) is 4.79 Å². The van der Waals surface area contributed by atoms with E-state index in [-0.39, 0.29) is 5.91 Å². The molecule has 2 heterocycles. The topological polar surface area (TPSA) is 42.4 Å². The SMILES string of the molecule is Cc1ccc(C)c(Sc2ncccc2C(=O)N2CCOCC2)c1. The highest BCUT2D eigenvalue weighted by molar-refractivity contribution is 7.99. The molecule has 4 nitrogen and oxygen atoms in total. The number of hydrogen-bond acceptors (Lipinski definition) is 4. The van der Waals surface area contributed by atoms with E-state index in [0.29, 0.717) is 31.9 Å². The Labute approximate surface area is 140 Å². The van der Waals surface area contributed by atoms with Gasteiger partial charge in [0.05, 0.1) is 18.8 Å². The van der Waals surface area contributed by atoms with Gasteiger partial charge in [0.2, 0.25) is 0 Å². The molecule has 0 atom stereocenters. The van der Waals surface area contributed by atoms with Gasteiger partial charge in [-0.1, -0.05) is 23.9 Å².